The van der Waals surface area contributed by atoms with Crippen molar-refractivity contribution in [2.75, 3.05) is 11.4 Å². The number of aryl methyl sites for hydroxylation is 1. The van der Waals surface area contributed by atoms with Gasteiger partial charge in [0.1, 0.15) is 18.2 Å². The number of anilines is 1. The first-order chi connectivity index (χ1) is 15.0. The lowest BCUT2D eigenvalue weighted by Crippen LogP contribution is -2.31. The minimum atomic E-state index is -0.756. The molecule has 0 spiro atoms. The first-order valence-corrected chi connectivity index (χ1v) is 10.6. The Morgan fingerprint density at radius 1 is 1.10 bits per heavy atom. The van der Waals surface area contributed by atoms with Gasteiger partial charge in [0.25, 0.3) is 0 Å². The first kappa shape index (κ1) is 20.9. The standard InChI is InChI=1S/C26H26FNO3/c1-18-15-19(8-13-23(18)24-6-2-3-7-25(24)27)17-31-22-11-9-20(10-12-22)28-14-4-5-21(28)16-26(29)30/h2-3,6-13,15,21H,4-5,14,16-17H2,1H3,(H,29,30). The Bertz CT molecular complexity index is 1060. The lowest BCUT2D eigenvalue weighted by atomic mass is 9.98. The Balaban J connectivity index is 1.40. The van der Waals surface area contributed by atoms with E-state index in [1.807, 2.05) is 55.5 Å². The molecule has 1 aliphatic heterocycles. The van der Waals surface area contributed by atoms with Gasteiger partial charge in [0.2, 0.25) is 0 Å². The van der Waals surface area contributed by atoms with E-state index in [1.54, 1.807) is 12.1 Å². The quantitative estimate of drug-likeness (QED) is 0.524. The molecule has 1 heterocycles. The fourth-order valence-corrected chi connectivity index (χ4v) is 4.29. The number of benzene rings is 3. The summed E-state index contributed by atoms with van der Waals surface area (Å²) in [5.41, 5.74) is 4.53. The van der Waals surface area contributed by atoms with Crippen molar-refractivity contribution >= 4 is 11.7 Å². The van der Waals surface area contributed by atoms with Gasteiger partial charge in [-0.15, -0.1) is 0 Å². The van der Waals surface area contributed by atoms with Gasteiger partial charge in [-0.1, -0.05) is 36.4 Å². The van der Waals surface area contributed by atoms with Crippen molar-refractivity contribution in [3.05, 3.63) is 83.7 Å². The molecule has 0 saturated carbocycles. The lowest BCUT2D eigenvalue weighted by molar-refractivity contribution is -0.137. The van der Waals surface area contributed by atoms with E-state index in [0.29, 0.717) is 12.2 Å². The molecule has 1 unspecified atom stereocenters. The minimum absolute atomic E-state index is 0.0557. The van der Waals surface area contributed by atoms with E-state index in [0.717, 1.165) is 47.5 Å². The molecule has 3 aromatic rings. The molecule has 1 atom stereocenters. The summed E-state index contributed by atoms with van der Waals surface area (Å²) in [7, 11) is 0. The highest BCUT2D eigenvalue weighted by atomic mass is 19.1. The number of carbonyl (C=O) groups is 1. The molecule has 4 rings (SSSR count). The van der Waals surface area contributed by atoms with Crippen LogP contribution >= 0.6 is 0 Å². The summed E-state index contributed by atoms with van der Waals surface area (Å²) in [4.78, 5) is 13.3. The van der Waals surface area contributed by atoms with Crippen LogP contribution in [0.15, 0.2) is 66.7 Å². The number of ether oxygens (including phenoxy) is 1. The molecule has 1 fully saturated rings. The van der Waals surface area contributed by atoms with Crippen molar-refractivity contribution in [1.82, 2.24) is 0 Å². The summed E-state index contributed by atoms with van der Waals surface area (Å²) < 4.78 is 20.0. The van der Waals surface area contributed by atoms with Crippen LogP contribution < -0.4 is 9.64 Å². The SMILES string of the molecule is Cc1cc(COc2ccc(N3CCCC3CC(=O)O)cc2)ccc1-c1ccccc1F. The zero-order valence-corrected chi connectivity index (χ0v) is 17.6. The van der Waals surface area contributed by atoms with Crippen LogP contribution in [0.2, 0.25) is 0 Å². The van der Waals surface area contributed by atoms with Gasteiger partial charge in [0.05, 0.1) is 6.42 Å². The van der Waals surface area contributed by atoms with Crippen molar-refractivity contribution < 1.29 is 19.0 Å². The second-order valence-corrected chi connectivity index (χ2v) is 8.00. The van der Waals surface area contributed by atoms with Crippen LogP contribution in [0.4, 0.5) is 10.1 Å². The van der Waals surface area contributed by atoms with Crippen molar-refractivity contribution in [2.45, 2.75) is 38.8 Å². The zero-order valence-electron chi connectivity index (χ0n) is 17.6. The maximum Gasteiger partial charge on any atom is 0.305 e. The van der Waals surface area contributed by atoms with Gasteiger partial charge in [-0.2, -0.15) is 0 Å². The van der Waals surface area contributed by atoms with Gasteiger partial charge in [-0.25, -0.2) is 4.39 Å². The molecule has 0 radical (unpaired) electrons. The van der Waals surface area contributed by atoms with Crippen LogP contribution in [0.5, 0.6) is 5.75 Å². The maximum atomic E-state index is 14.1. The zero-order chi connectivity index (χ0) is 21.8. The average molecular weight is 419 g/mol. The van der Waals surface area contributed by atoms with Gasteiger partial charge in [0.15, 0.2) is 0 Å². The largest absolute Gasteiger partial charge is 0.489 e. The molecule has 0 aromatic heterocycles. The maximum absolute atomic E-state index is 14.1. The molecule has 31 heavy (non-hydrogen) atoms. The van der Waals surface area contributed by atoms with Crippen molar-refractivity contribution in [1.29, 1.82) is 0 Å². The molecule has 1 N–H and O–H groups in total. The van der Waals surface area contributed by atoms with Crippen LogP contribution in [0.1, 0.15) is 30.4 Å². The van der Waals surface area contributed by atoms with E-state index in [2.05, 4.69) is 4.90 Å². The third kappa shape index (κ3) is 4.88. The van der Waals surface area contributed by atoms with Gasteiger partial charge in [-0.05, 0) is 66.8 Å². The van der Waals surface area contributed by atoms with Gasteiger partial charge in [-0.3, -0.25) is 4.79 Å². The van der Waals surface area contributed by atoms with E-state index in [1.165, 1.54) is 6.07 Å². The second-order valence-electron chi connectivity index (χ2n) is 8.00. The smallest absolute Gasteiger partial charge is 0.305 e. The van der Waals surface area contributed by atoms with E-state index >= 15 is 0 Å². The number of hydrogen-bond acceptors (Lipinski definition) is 3. The Hall–Kier alpha value is -3.34. The highest BCUT2D eigenvalue weighted by Gasteiger charge is 2.26. The van der Waals surface area contributed by atoms with Crippen LogP contribution in [0, 0.1) is 12.7 Å². The summed E-state index contributed by atoms with van der Waals surface area (Å²) >= 11 is 0. The third-order valence-corrected chi connectivity index (χ3v) is 5.82. The van der Waals surface area contributed by atoms with Crippen molar-refractivity contribution in [3.63, 3.8) is 0 Å². The normalized spacial score (nSPS) is 15.8. The Kier molecular flexibility index (Phi) is 6.21. The van der Waals surface area contributed by atoms with Gasteiger partial charge >= 0.3 is 5.97 Å². The molecule has 1 aliphatic rings. The van der Waals surface area contributed by atoms with Gasteiger partial charge < -0.3 is 14.7 Å². The molecule has 0 amide bonds. The highest BCUT2D eigenvalue weighted by Crippen LogP contribution is 2.30. The van der Waals surface area contributed by atoms with Crippen LogP contribution in [-0.2, 0) is 11.4 Å². The van der Waals surface area contributed by atoms with Gasteiger partial charge in [0, 0.05) is 23.8 Å². The predicted molar refractivity (Wildman–Crippen MR) is 120 cm³/mol. The number of hydrogen-bond donors (Lipinski definition) is 1. The van der Waals surface area contributed by atoms with E-state index in [4.69, 9.17) is 9.84 Å². The predicted octanol–water partition coefficient (Wildman–Crippen LogP) is 5.82. The number of halogens is 1. The fourth-order valence-electron chi connectivity index (χ4n) is 4.29. The second kappa shape index (κ2) is 9.21. The molecular formula is C26H26FNO3. The summed E-state index contributed by atoms with van der Waals surface area (Å²) in [5, 5.41) is 9.11. The lowest BCUT2D eigenvalue weighted by Gasteiger charge is -2.25. The molecular weight excluding hydrogens is 393 g/mol. The minimum Gasteiger partial charge on any atom is -0.489 e. The Morgan fingerprint density at radius 2 is 1.87 bits per heavy atom. The van der Waals surface area contributed by atoms with Crippen LogP contribution in [0.3, 0.4) is 0 Å². The van der Waals surface area contributed by atoms with Crippen molar-refractivity contribution in [2.24, 2.45) is 0 Å². The van der Waals surface area contributed by atoms with E-state index < -0.39 is 5.97 Å². The monoisotopic (exact) mass is 419 g/mol. The van der Waals surface area contributed by atoms with E-state index in [9.17, 15) is 9.18 Å². The first-order valence-electron chi connectivity index (χ1n) is 10.6. The van der Waals surface area contributed by atoms with E-state index in [-0.39, 0.29) is 18.3 Å². The Morgan fingerprint density at radius 3 is 2.58 bits per heavy atom. The molecule has 1 saturated heterocycles. The molecule has 0 bridgehead atoms. The van der Waals surface area contributed by atoms with Crippen molar-refractivity contribution in [3.8, 4) is 16.9 Å². The number of carboxylic acids is 1. The summed E-state index contributed by atoms with van der Waals surface area (Å²) in [6.45, 7) is 3.28. The average Bonchev–Trinajstić information content (AvgIpc) is 3.21. The summed E-state index contributed by atoms with van der Waals surface area (Å²) in [5.74, 6) is -0.222. The molecule has 3 aromatic carbocycles. The number of aliphatic carboxylic acids is 1. The topological polar surface area (TPSA) is 49.8 Å². The molecule has 160 valence electrons. The summed E-state index contributed by atoms with van der Waals surface area (Å²) in [6, 6.07) is 20.6. The number of rotatable bonds is 7. The summed E-state index contributed by atoms with van der Waals surface area (Å²) in [6.07, 6.45) is 2.09. The fraction of sp³-hybridized carbons (Fsp3) is 0.269. The number of carboxylic acid groups (broad SMARTS) is 1. The Labute approximate surface area is 181 Å². The number of nitrogens with zero attached hydrogens (tertiary/aromatic N) is 1. The highest BCUT2D eigenvalue weighted by molar-refractivity contribution is 5.69. The molecule has 5 heteroatoms. The molecule has 0 aliphatic carbocycles. The van der Waals surface area contributed by atoms with Crippen LogP contribution in [0.25, 0.3) is 11.1 Å². The third-order valence-electron chi connectivity index (χ3n) is 5.82. The van der Waals surface area contributed by atoms with Crippen LogP contribution in [-0.4, -0.2) is 23.7 Å². The molecule has 4 nitrogen and oxygen atoms in total.